The van der Waals surface area contributed by atoms with Gasteiger partial charge in [0.15, 0.2) is 5.96 Å². The highest BCUT2D eigenvalue weighted by atomic mass is 16.5. The Balaban J connectivity index is 1.84. The van der Waals surface area contributed by atoms with Gasteiger partial charge in [-0.2, -0.15) is 0 Å². The lowest BCUT2D eigenvalue weighted by Gasteiger charge is -2.36. The van der Waals surface area contributed by atoms with Crippen LogP contribution in [0.3, 0.4) is 0 Å². The third kappa shape index (κ3) is 8.06. The van der Waals surface area contributed by atoms with Crippen LogP contribution >= 0.6 is 0 Å². The van der Waals surface area contributed by atoms with Crippen molar-refractivity contribution in [2.45, 2.75) is 84.0 Å². The molecule has 2 saturated heterocycles. The van der Waals surface area contributed by atoms with Gasteiger partial charge in [0, 0.05) is 32.3 Å². The van der Waals surface area contributed by atoms with E-state index in [0.717, 1.165) is 64.6 Å². The lowest BCUT2D eigenvalue weighted by atomic mass is 9.93. The molecule has 6 nitrogen and oxygen atoms in total. The van der Waals surface area contributed by atoms with Gasteiger partial charge in [-0.1, -0.05) is 26.7 Å². The van der Waals surface area contributed by atoms with Crippen LogP contribution in [0, 0.1) is 5.92 Å². The first-order chi connectivity index (χ1) is 14.1. The van der Waals surface area contributed by atoms with E-state index in [2.05, 4.69) is 50.0 Å². The van der Waals surface area contributed by atoms with Crippen molar-refractivity contribution < 1.29 is 9.47 Å². The summed E-state index contributed by atoms with van der Waals surface area (Å²) in [7, 11) is 4.37. The lowest BCUT2D eigenvalue weighted by molar-refractivity contribution is -0.0721. The van der Waals surface area contributed by atoms with E-state index in [9.17, 15) is 0 Å². The maximum atomic E-state index is 6.18. The number of likely N-dealkylation sites (tertiary alicyclic amines) is 1. The second-order valence-corrected chi connectivity index (χ2v) is 8.81. The fourth-order valence-corrected chi connectivity index (χ4v) is 4.59. The van der Waals surface area contributed by atoms with Crippen LogP contribution in [-0.2, 0) is 9.47 Å². The Hall–Kier alpha value is -0.850. The molecular formula is C23H46N4O2. The Bertz CT molecular complexity index is 454. The molecule has 0 aromatic heterocycles. The molecule has 29 heavy (non-hydrogen) atoms. The van der Waals surface area contributed by atoms with Gasteiger partial charge in [0.1, 0.15) is 0 Å². The summed E-state index contributed by atoms with van der Waals surface area (Å²) < 4.78 is 12.0. The average molecular weight is 411 g/mol. The van der Waals surface area contributed by atoms with Crippen LogP contribution in [0.1, 0.15) is 65.7 Å². The minimum atomic E-state index is 0.314. The highest BCUT2D eigenvalue weighted by Crippen LogP contribution is 2.19. The Labute approximate surface area is 179 Å². The molecule has 0 spiro atoms. The standard InChI is InChI=1S/C23H46N4O2/c1-6-19(7-2)22(26(4)5)17-25-23(24-8-3)27-14-12-20(13-15-27)29-18-21-11-9-10-16-28-21/h19-22H,6-18H2,1-5H3,(H,24,25). The first kappa shape index (κ1) is 24.4. The predicted octanol–water partition coefficient (Wildman–Crippen LogP) is 3.37. The molecule has 0 saturated carbocycles. The molecule has 0 aliphatic carbocycles. The largest absolute Gasteiger partial charge is 0.376 e. The van der Waals surface area contributed by atoms with E-state index >= 15 is 0 Å². The van der Waals surface area contributed by atoms with E-state index in [0.29, 0.717) is 24.2 Å². The number of nitrogens with one attached hydrogen (secondary N) is 1. The van der Waals surface area contributed by atoms with Crippen LogP contribution in [0.15, 0.2) is 4.99 Å². The molecule has 2 fully saturated rings. The quantitative estimate of drug-likeness (QED) is 0.442. The molecule has 2 unspecified atom stereocenters. The normalized spacial score (nSPS) is 23.1. The minimum absolute atomic E-state index is 0.314. The van der Waals surface area contributed by atoms with Crippen molar-refractivity contribution in [2.24, 2.45) is 10.9 Å². The fraction of sp³-hybridized carbons (Fsp3) is 0.957. The molecular weight excluding hydrogens is 364 g/mol. The van der Waals surface area contributed by atoms with Gasteiger partial charge in [0.2, 0.25) is 0 Å². The van der Waals surface area contributed by atoms with Gasteiger partial charge in [-0.3, -0.25) is 4.99 Å². The van der Waals surface area contributed by atoms with Gasteiger partial charge in [-0.05, 0) is 59.0 Å². The fourth-order valence-electron chi connectivity index (χ4n) is 4.59. The van der Waals surface area contributed by atoms with Gasteiger partial charge >= 0.3 is 0 Å². The summed E-state index contributed by atoms with van der Waals surface area (Å²) in [5, 5.41) is 3.52. The number of hydrogen-bond acceptors (Lipinski definition) is 4. The van der Waals surface area contributed by atoms with Crippen LogP contribution in [0.4, 0.5) is 0 Å². The average Bonchev–Trinajstić information content (AvgIpc) is 2.75. The maximum Gasteiger partial charge on any atom is 0.193 e. The number of ether oxygens (including phenoxy) is 2. The number of nitrogens with zero attached hydrogens (tertiary/aromatic N) is 3. The van der Waals surface area contributed by atoms with E-state index < -0.39 is 0 Å². The van der Waals surface area contributed by atoms with Crippen molar-refractivity contribution in [2.75, 3.05) is 53.5 Å². The summed E-state index contributed by atoms with van der Waals surface area (Å²) in [4.78, 5) is 9.81. The van der Waals surface area contributed by atoms with Crippen molar-refractivity contribution in [3.63, 3.8) is 0 Å². The van der Waals surface area contributed by atoms with Crippen molar-refractivity contribution >= 4 is 5.96 Å². The summed E-state index contributed by atoms with van der Waals surface area (Å²) in [6.45, 7) is 12.2. The second-order valence-electron chi connectivity index (χ2n) is 8.81. The number of rotatable bonds is 10. The minimum Gasteiger partial charge on any atom is -0.376 e. The summed E-state index contributed by atoms with van der Waals surface area (Å²) in [5.74, 6) is 1.76. The van der Waals surface area contributed by atoms with Crippen LogP contribution in [0.2, 0.25) is 0 Å². The van der Waals surface area contributed by atoms with E-state index in [1.54, 1.807) is 0 Å². The molecule has 0 aromatic carbocycles. The van der Waals surface area contributed by atoms with Gasteiger partial charge in [0.05, 0.1) is 25.4 Å². The number of likely N-dealkylation sites (N-methyl/N-ethyl adjacent to an activating group) is 1. The van der Waals surface area contributed by atoms with Gasteiger partial charge < -0.3 is 24.6 Å². The number of hydrogen-bond donors (Lipinski definition) is 1. The Morgan fingerprint density at radius 3 is 2.41 bits per heavy atom. The Kier molecular flexibility index (Phi) is 11.3. The van der Waals surface area contributed by atoms with E-state index in [4.69, 9.17) is 14.5 Å². The molecule has 2 aliphatic rings. The molecule has 0 bridgehead atoms. The van der Waals surface area contributed by atoms with E-state index in [1.807, 2.05) is 0 Å². The smallest absolute Gasteiger partial charge is 0.193 e. The van der Waals surface area contributed by atoms with Crippen LogP contribution in [-0.4, -0.2) is 87.5 Å². The third-order valence-corrected chi connectivity index (χ3v) is 6.55. The predicted molar refractivity (Wildman–Crippen MR) is 122 cm³/mol. The molecule has 1 N–H and O–H groups in total. The monoisotopic (exact) mass is 410 g/mol. The second kappa shape index (κ2) is 13.5. The number of piperidine rings is 1. The number of guanidine groups is 1. The molecule has 2 heterocycles. The Morgan fingerprint density at radius 2 is 1.86 bits per heavy atom. The summed E-state index contributed by atoms with van der Waals surface area (Å²) in [6.07, 6.45) is 8.86. The number of aliphatic imine (C=N–C) groups is 1. The van der Waals surface area contributed by atoms with Crippen molar-refractivity contribution in [1.29, 1.82) is 0 Å². The third-order valence-electron chi connectivity index (χ3n) is 6.55. The molecule has 170 valence electrons. The molecule has 0 radical (unpaired) electrons. The molecule has 0 amide bonds. The molecule has 6 heteroatoms. The van der Waals surface area contributed by atoms with Gasteiger partial charge in [-0.25, -0.2) is 0 Å². The summed E-state index contributed by atoms with van der Waals surface area (Å²) in [6, 6.07) is 0.495. The zero-order valence-corrected chi connectivity index (χ0v) is 19.7. The van der Waals surface area contributed by atoms with Crippen LogP contribution < -0.4 is 5.32 Å². The lowest BCUT2D eigenvalue weighted by Crippen LogP contribution is -2.48. The van der Waals surface area contributed by atoms with Crippen molar-refractivity contribution in [3.8, 4) is 0 Å². The topological polar surface area (TPSA) is 49.3 Å². The molecule has 0 aromatic rings. The Morgan fingerprint density at radius 1 is 1.14 bits per heavy atom. The highest BCUT2D eigenvalue weighted by Gasteiger charge is 2.25. The zero-order valence-electron chi connectivity index (χ0n) is 19.7. The van der Waals surface area contributed by atoms with Crippen molar-refractivity contribution in [3.05, 3.63) is 0 Å². The molecule has 2 rings (SSSR count). The van der Waals surface area contributed by atoms with Gasteiger partial charge in [0.25, 0.3) is 0 Å². The maximum absolute atomic E-state index is 6.18. The highest BCUT2D eigenvalue weighted by molar-refractivity contribution is 5.80. The molecule has 2 atom stereocenters. The summed E-state index contributed by atoms with van der Waals surface area (Å²) in [5.41, 5.74) is 0. The first-order valence-corrected chi connectivity index (χ1v) is 12.0. The van der Waals surface area contributed by atoms with Crippen LogP contribution in [0.25, 0.3) is 0 Å². The van der Waals surface area contributed by atoms with Crippen LogP contribution in [0.5, 0.6) is 0 Å². The van der Waals surface area contributed by atoms with E-state index in [-0.39, 0.29) is 0 Å². The van der Waals surface area contributed by atoms with E-state index in [1.165, 1.54) is 25.7 Å². The van der Waals surface area contributed by atoms with Gasteiger partial charge in [-0.15, -0.1) is 0 Å². The SMILES string of the molecule is CCNC(=NCC(C(CC)CC)N(C)C)N1CCC(OCC2CCCCO2)CC1. The molecule has 2 aliphatic heterocycles. The zero-order chi connectivity index (χ0) is 21.1. The van der Waals surface area contributed by atoms with Crippen molar-refractivity contribution in [1.82, 2.24) is 15.1 Å². The summed E-state index contributed by atoms with van der Waals surface area (Å²) >= 11 is 0. The first-order valence-electron chi connectivity index (χ1n) is 12.0.